The number of sulfone groups is 1. The molecule has 1 fully saturated rings. The van der Waals surface area contributed by atoms with Crippen LogP contribution in [0.1, 0.15) is 43.2 Å². The number of methoxy groups -OCH3 is 1. The fourth-order valence-electron chi connectivity index (χ4n) is 4.72. The summed E-state index contributed by atoms with van der Waals surface area (Å²) in [5.74, 6) is 0.480. The van der Waals surface area contributed by atoms with E-state index in [0.717, 1.165) is 48.7 Å². The first-order valence-electron chi connectivity index (χ1n) is 11.4. The van der Waals surface area contributed by atoms with E-state index >= 15 is 0 Å². The van der Waals surface area contributed by atoms with E-state index in [1.54, 1.807) is 0 Å². The van der Waals surface area contributed by atoms with Gasteiger partial charge >= 0.3 is 5.97 Å². The molecule has 0 aliphatic heterocycles. The Hall–Kier alpha value is -2.80. The lowest BCUT2D eigenvalue weighted by Gasteiger charge is -2.27. The maximum absolute atomic E-state index is 12.3. The Morgan fingerprint density at radius 2 is 1.73 bits per heavy atom. The first-order valence-corrected chi connectivity index (χ1v) is 13.5. The first kappa shape index (κ1) is 23.4. The van der Waals surface area contributed by atoms with Gasteiger partial charge in [0.1, 0.15) is 5.75 Å². The minimum absolute atomic E-state index is 0.0641. The van der Waals surface area contributed by atoms with E-state index in [1.165, 1.54) is 18.9 Å². The Kier molecular flexibility index (Phi) is 6.79. The molecule has 6 nitrogen and oxygen atoms in total. The molecule has 0 unspecified atom stereocenters. The van der Waals surface area contributed by atoms with E-state index in [4.69, 9.17) is 9.47 Å². The van der Waals surface area contributed by atoms with Gasteiger partial charge in [0.05, 0.1) is 12.9 Å². The van der Waals surface area contributed by atoms with E-state index in [9.17, 15) is 13.2 Å². The molecule has 0 radical (unpaired) electrons. The van der Waals surface area contributed by atoms with Crippen LogP contribution in [0.4, 0.5) is 0 Å². The second-order valence-electron chi connectivity index (χ2n) is 9.01. The van der Waals surface area contributed by atoms with Gasteiger partial charge in [-0.25, -0.2) is 13.2 Å². The highest BCUT2D eigenvalue weighted by Crippen LogP contribution is 2.35. The van der Waals surface area contributed by atoms with Crippen LogP contribution in [0.2, 0.25) is 0 Å². The van der Waals surface area contributed by atoms with Gasteiger partial charge in [0.15, 0.2) is 9.84 Å². The van der Waals surface area contributed by atoms with Crippen molar-refractivity contribution in [2.75, 3.05) is 13.4 Å². The second-order valence-corrected chi connectivity index (χ2v) is 11.2. The van der Waals surface area contributed by atoms with Gasteiger partial charge in [0.25, 0.3) is 0 Å². The van der Waals surface area contributed by atoms with Crippen LogP contribution in [0.5, 0.6) is 5.75 Å². The first-order chi connectivity index (χ1) is 15.8. The largest absolute Gasteiger partial charge is 0.476 e. The van der Waals surface area contributed by atoms with Gasteiger partial charge in [-0.05, 0) is 85.4 Å². The maximum Gasteiger partial charge on any atom is 0.350 e. The molecule has 0 N–H and O–H groups in total. The van der Waals surface area contributed by atoms with Crippen molar-refractivity contribution in [1.29, 1.82) is 0 Å². The average Bonchev–Trinajstić information content (AvgIpc) is 3.41. The molecule has 1 aliphatic carbocycles. The highest BCUT2D eigenvalue weighted by Gasteiger charge is 2.44. The van der Waals surface area contributed by atoms with Gasteiger partial charge in [-0.1, -0.05) is 18.2 Å². The van der Waals surface area contributed by atoms with E-state index in [1.807, 2.05) is 36.4 Å². The fraction of sp³-hybridized carbons (Fsp3) is 0.423. The Labute approximate surface area is 195 Å². The summed E-state index contributed by atoms with van der Waals surface area (Å²) in [4.78, 5) is 12.3. The van der Waals surface area contributed by atoms with Crippen molar-refractivity contribution in [3.8, 4) is 5.75 Å². The Morgan fingerprint density at radius 3 is 2.39 bits per heavy atom. The summed E-state index contributed by atoms with van der Waals surface area (Å²) in [6, 6.07) is 15.9. The molecule has 1 aliphatic rings. The molecule has 2 aromatic carbocycles. The van der Waals surface area contributed by atoms with E-state index in [0.29, 0.717) is 18.6 Å². The fourth-order valence-corrected chi connectivity index (χ4v) is 5.51. The molecule has 0 amide bonds. The number of esters is 1. The molecule has 0 spiro atoms. The highest BCUT2D eigenvalue weighted by atomic mass is 32.2. The second kappa shape index (κ2) is 9.59. The van der Waals surface area contributed by atoms with Crippen molar-refractivity contribution < 1.29 is 22.7 Å². The van der Waals surface area contributed by atoms with Crippen LogP contribution < -0.4 is 4.74 Å². The smallest absolute Gasteiger partial charge is 0.350 e. The predicted octanol–water partition coefficient (Wildman–Crippen LogP) is 4.68. The lowest BCUT2D eigenvalue weighted by Crippen LogP contribution is -2.42. The lowest BCUT2D eigenvalue weighted by molar-refractivity contribution is -0.158. The number of rotatable bonds is 9. The highest BCUT2D eigenvalue weighted by molar-refractivity contribution is 7.89. The number of hydrogen-bond donors (Lipinski definition) is 0. The Bertz CT molecular complexity index is 1220. The molecule has 1 aromatic heterocycles. The summed E-state index contributed by atoms with van der Waals surface area (Å²) in [5.41, 5.74) is 2.30. The standard InChI is InChI=1S/C26H31NO5S/c1-31-25(28)26(14-3-4-15-26)32-23-10-7-20(8-11-23)6-5-16-27-17-13-22-18-21(9-12-24(22)27)19-33(2,29)30/h7-13,17-18H,3-6,14-16,19H2,1-2H3. The predicted molar refractivity (Wildman–Crippen MR) is 129 cm³/mol. The Morgan fingerprint density at radius 1 is 1.03 bits per heavy atom. The third-order valence-corrected chi connectivity index (χ3v) is 7.19. The van der Waals surface area contributed by atoms with Crippen LogP contribution in [0.15, 0.2) is 54.7 Å². The van der Waals surface area contributed by atoms with Gasteiger partial charge in [-0.3, -0.25) is 0 Å². The number of aryl methyl sites for hydroxylation is 2. The maximum atomic E-state index is 12.3. The van der Waals surface area contributed by atoms with Crippen LogP contribution in [-0.4, -0.2) is 37.9 Å². The number of carbonyl (C=O) groups is 1. The zero-order valence-corrected chi connectivity index (χ0v) is 20.1. The number of benzene rings is 2. The van der Waals surface area contributed by atoms with Crippen molar-refractivity contribution in [3.63, 3.8) is 0 Å². The molecule has 0 atom stereocenters. The van der Waals surface area contributed by atoms with E-state index < -0.39 is 15.4 Å². The molecule has 1 saturated carbocycles. The van der Waals surface area contributed by atoms with Crippen LogP contribution in [0, 0.1) is 0 Å². The van der Waals surface area contributed by atoms with Crippen molar-refractivity contribution in [2.24, 2.45) is 0 Å². The van der Waals surface area contributed by atoms with Gasteiger partial charge < -0.3 is 14.0 Å². The monoisotopic (exact) mass is 469 g/mol. The summed E-state index contributed by atoms with van der Waals surface area (Å²) >= 11 is 0. The van der Waals surface area contributed by atoms with Crippen LogP contribution in [0.25, 0.3) is 10.9 Å². The van der Waals surface area contributed by atoms with Gasteiger partial charge in [0.2, 0.25) is 5.60 Å². The summed E-state index contributed by atoms with van der Waals surface area (Å²) in [7, 11) is -1.63. The summed E-state index contributed by atoms with van der Waals surface area (Å²) in [5, 5.41) is 1.06. The third-order valence-electron chi connectivity index (χ3n) is 6.33. The zero-order valence-electron chi connectivity index (χ0n) is 19.2. The molecule has 4 rings (SSSR count). The SMILES string of the molecule is COC(=O)C1(Oc2ccc(CCCn3ccc4cc(CS(C)(=O)=O)ccc43)cc2)CCCC1. The summed E-state index contributed by atoms with van der Waals surface area (Å²) < 4.78 is 36.4. The summed E-state index contributed by atoms with van der Waals surface area (Å²) in [6.07, 6.45) is 8.55. The number of hydrogen-bond acceptors (Lipinski definition) is 5. The van der Waals surface area contributed by atoms with Crippen LogP contribution in [-0.2, 0) is 38.1 Å². The normalized spacial score (nSPS) is 15.6. The minimum atomic E-state index is -3.04. The lowest BCUT2D eigenvalue weighted by atomic mass is 10.0. The van der Waals surface area contributed by atoms with Crippen molar-refractivity contribution in [1.82, 2.24) is 4.57 Å². The minimum Gasteiger partial charge on any atom is -0.476 e. The molecular weight excluding hydrogens is 438 g/mol. The van der Waals surface area contributed by atoms with E-state index in [-0.39, 0.29) is 11.7 Å². The molecule has 1 heterocycles. The number of nitrogens with zero attached hydrogens (tertiary/aromatic N) is 1. The molecular formula is C26H31NO5S. The van der Waals surface area contributed by atoms with Crippen LogP contribution in [0.3, 0.4) is 0 Å². The third kappa shape index (κ3) is 5.58. The Balaban J connectivity index is 1.34. The number of aromatic nitrogens is 1. The molecule has 7 heteroatoms. The molecule has 33 heavy (non-hydrogen) atoms. The topological polar surface area (TPSA) is 74.6 Å². The number of fused-ring (bicyclic) bond motifs is 1. The molecule has 0 saturated heterocycles. The molecule has 0 bridgehead atoms. The number of carbonyl (C=O) groups excluding carboxylic acids is 1. The molecule has 176 valence electrons. The summed E-state index contributed by atoms with van der Waals surface area (Å²) in [6.45, 7) is 0.874. The van der Waals surface area contributed by atoms with Crippen molar-refractivity contribution in [2.45, 2.75) is 56.4 Å². The van der Waals surface area contributed by atoms with Gasteiger partial charge in [-0.15, -0.1) is 0 Å². The molecule has 3 aromatic rings. The quantitative estimate of drug-likeness (QED) is 0.425. The van der Waals surface area contributed by atoms with Crippen molar-refractivity contribution >= 4 is 26.7 Å². The van der Waals surface area contributed by atoms with Gasteiger partial charge in [-0.2, -0.15) is 0 Å². The number of ether oxygens (including phenoxy) is 2. The van der Waals surface area contributed by atoms with Gasteiger partial charge in [0, 0.05) is 24.5 Å². The van der Waals surface area contributed by atoms with Crippen LogP contribution >= 0.6 is 0 Å². The average molecular weight is 470 g/mol. The van der Waals surface area contributed by atoms with Crippen molar-refractivity contribution in [3.05, 3.63) is 65.9 Å². The van der Waals surface area contributed by atoms with E-state index in [2.05, 4.69) is 22.9 Å². The zero-order chi connectivity index (χ0) is 23.5.